The normalized spacial score (nSPS) is 14.6. The van der Waals surface area contributed by atoms with Crippen LogP contribution in [0.3, 0.4) is 0 Å². The number of hydrogen-bond donors (Lipinski definition) is 0. The van der Waals surface area contributed by atoms with Crippen LogP contribution in [0.15, 0.2) is 71.6 Å². The summed E-state index contributed by atoms with van der Waals surface area (Å²) in [6.07, 6.45) is 0. The summed E-state index contributed by atoms with van der Waals surface area (Å²) in [5, 5.41) is 0. The molecule has 0 N–H and O–H groups in total. The number of aryl methyl sites for hydroxylation is 1. The third kappa shape index (κ3) is 3.80. The number of ether oxygens (including phenoxy) is 2. The van der Waals surface area contributed by atoms with Crippen molar-refractivity contribution in [3.63, 3.8) is 0 Å². The molecule has 0 unspecified atom stereocenters. The van der Waals surface area contributed by atoms with Gasteiger partial charge in [0, 0.05) is 5.56 Å². The predicted molar refractivity (Wildman–Crippen MR) is 123 cm³/mol. The van der Waals surface area contributed by atoms with Crippen LogP contribution in [0.25, 0.3) is 0 Å². The molecule has 4 rings (SSSR count). The minimum atomic E-state index is -4.14. The highest BCUT2D eigenvalue weighted by Gasteiger charge is 2.43. The molecule has 2 amide bonds. The lowest BCUT2D eigenvalue weighted by Gasteiger charge is -2.37. The summed E-state index contributed by atoms with van der Waals surface area (Å²) in [5.41, 5.74) is 1.97. The third-order valence-corrected chi connectivity index (χ3v) is 7.18. The molecule has 1 aliphatic heterocycles. The number of carbonyl (C=O) groups excluding carboxylic acids is 2. The summed E-state index contributed by atoms with van der Waals surface area (Å²) >= 11 is 0. The van der Waals surface area contributed by atoms with E-state index in [1.54, 1.807) is 67.6 Å². The van der Waals surface area contributed by atoms with Crippen molar-refractivity contribution >= 4 is 33.4 Å². The number of methoxy groups -OCH3 is 2. The molecule has 3 aromatic carbocycles. The first-order valence-corrected chi connectivity index (χ1v) is 11.5. The van der Waals surface area contributed by atoms with Gasteiger partial charge in [-0.1, -0.05) is 30.3 Å². The maximum absolute atomic E-state index is 13.7. The molecule has 0 atom stereocenters. The van der Waals surface area contributed by atoms with E-state index in [1.807, 2.05) is 0 Å². The Labute approximate surface area is 192 Å². The maximum Gasteiger partial charge on any atom is 0.343 e. The van der Waals surface area contributed by atoms with E-state index < -0.39 is 22.0 Å². The van der Waals surface area contributed by atoms with E-state index in [4.69, 9.17) is 9.47 Å². The number of para-hydroxylation sites is 2. The zero-order chi connectivity index (χ0) is 23.8. The number of urea groups is 1. The quantitative estimate of drug-likeness (QED) is 0.525. The monoisotopic (exact) mass is 466 g/mol. The summed E-state index contributed by atoms with van der Waals surface area (Å²) in [7, 11) is -1.38. The van der Waals surface area contributed by atoms with Crippen LogP contribution in [-0.4, -0.2) is 34.6 Å². The van der Waals surface area contributed by atoms with Crippen molar-refractivity contribution < 1.29 is 27.5 Å². The van der Waals surface area contributed by atoms with E-state index in [0.29, 0.717) is 16.9 Å². The van der Waals surface area contributed by atoms with Crippen LogP contribution in [0.2, 0.25) is 0 Å². The average Bonchev–Trinajstić information content (AvgIpc) is 2.82. The molecule has 1 heterocycles. The summed E-state index contributed by atoms with van der Waals surface area (Å²) in [6.45, 7) is 1.72. The molecular formula is C24H22N2O6S. The van der Waals surface area contributed by atoms with Crippen molar-refractivity contribution in [3.8, 4) is 5.75 Å². The number of carbonyl (C=O) groups is 2. The summed E-state index contributed by atoms with van der Waals surface area (Å²) in [6, 6.07) is 17.1. The van der Waals surface area contributed by atoms with Crippen molar-refractivity contribution in [3.05, 3.63) is 83.4 Å². The summed E-state index contributed by atoms with van der Waals surface area (Å²) < 4.78 is 38.0. The van der Waals surface area contributed by atoms with E-state index in [0.717, 1.165) is 4.31 Å². The number of amides is 2. The van der Waals surface area contributed by atoms with Gasteiger partial charge in [0.25, 0.3) is 10.0 Å². The Morgan fingerprint density at radius 3 is 2.27 bits per heavy atom. The second kappa shape index (κ2) is 8.59. The molecule has 1 aliphatic rings. The number of anilines is 2. The molecule has 0 spiro atoms. The first kappa shape index (κ1) is 22.3. The molecule has 0 aliphatic carbocycles. The first-order chi connectivity index (χ1) is 15.8. The Bertz CT molecular complexity index is 1350. The number of benzene rings is 3. The lowest BCUT2D eigenvalue weighted by molar-refractivity contribution is 0.0600. The van der Waals surface area contributed by atoms with Gasteiger partial charge in [-0.15, -0.1) is 0 Å². The largest absolute Gasteiger partial charge is 0.496 e. The summed E-state index contributed by atoms with van der Waals surface area (Å²) in [4.78, 5) is 27.1. The number of sulfonamides is 1. The zero-order valence-corrected chi connectivity index (χ0v) is 19.1. The van der Waals surface area contributed by atoms with E-state index in [-0.39, 0.29) is 28.4 Å². The molecule has 0 saturated carbocycles. The smallest absolute Gasteiger partial charge is 0.343 e. The Morgan fingerprint density at radius 1 is 0.939 bits per heavy atom. The molecule has 170 valence electrons. The molecule has 0 radical (unpaired) electrons. The van der Waals surface area contributed by atoms with Crippen molar-refractivity contribution in [1.29, 1.82) is 0 Å². The highest BCUT2D eigenvalue weighted by molar-refractivity contribution is 7.94. The van der Waals surface area contributed by atoms with E-state index >= 15 is 0 Å². The lowest BCUT2D eigenvalue weighted by atomic mass is 10.1. The molecule has 0 fully saturated rings. The minimum absolute atomic E-state index is 0.0101. The summed E-state index contributed by atoms with van der Waals surface area (Å²) in [5.74, 6) is -0.0859. The number of fused-ring (bicyclic) bond motifs is 1. The number of rotatable bonds is 5. The van der Waals surface area contributed by atoms with Crippen LogP contribution < -0.4 is 13.9 Å². The SMILES string of the molecule is COC(=O)c1ccc(OC)c(CN2C(=O)N(c3ccccc3C)S(=O)(=O)c3ccccc32)c1. The van der Waals surface area contributed by atoms with Gasteiger partial charge in [0.15, 0.2) is 0 Å². The number of nitrogens with zero attached hydrogens (tertiary/aromatic N) is 2. The molecule has 0 saturated heterocycles. The van der Waals surface area contributed by atoms with Gasteiger partial charge in [-0.2, -0.15) is 4.31 Å². The van der Waals surface area contributed by atoms with Gasteiger partial charge in [-0.3, -0.25) is 4.90 Å². The van der Waals surface area contributed by atoms with Gasteiger partial charge < -0.3 is 9.47 Å². The maximum atomic E-state index is 13.7. The molecular weight excluding hydrogens is 444 g/mol. The molecule has 0 bridgehead atoms. The van der Waals surface area contributed by atoms with E-state index in [1.165, 1.54) is 25.2 Å². The Balaban J connectivity index is 1.88. The standard InChI is InChI=1S/C24H22N2O6S/c1-16-8-4-5-9-19(16)26-24(28)25(20-10-6-7-11-22(20)33(26,29)30)15-18-14-17(23(27)32-3)12-13-21(18)31-2/h4-14H,15H2,1-3H3. The molecule has 33 heavy (non-hydrogen) atoms. The highest BCUT2D eigenvalue weighted by Crippen LogP contribution is 2.39. The minimum Gasteiger partial charge on any atom is -0.496 e. The fourth-order valence-corrected chi connectivity index (χ4v) is 5.46. The third-order valence-electron chi connectivity index (χ3n) is 5.44. The van der Waals surface area contributed by atoms with Crippen LogP contribution >= 0.6 is 0 Å². The Hall–Kier alpha value is -3.85. The molecule has 9 heteroatoms. The van der Waals surface area contributed by atoms with Crippen molar-refractivity contribution in [2.24, 2.45) is 0 Å². The van der Waals surface area contributed by atoms with Crippen molar-refractivity contribution in [2.75, 3.05) is 23.4 Å². The molecule has 8 nitrogen and oxygen atoms in total. The van der Waals surface area contributed by atoms with Gasteiger partial charge in [-0.05, 0) is 48.9 Å². The second-order valence-corrected chi connectivity index (χ2v) is 9.17. The molecule has 3 aromatic rings. The van der Waals surface area contributed by atoms with E-state index in [2.05, 4.69) is 0 Å². The average molecular weight is 467 g/mol. The van der Waals surface area contributed by atoms with Crippen LogP contribution in [0.5, 0.6) is 5.75 Å². The van der Waals surface area contributed by atoms with Gasteiger partial charge in [0.1, 0.15) is 10.6 Å². The van der Waals surface area contributed by atoms with Crippen molar-refractivity contribution in [2.45, 2.75) is 18.4 Å². The second-order valence-electron chi connectivity index (χ2n) is 7.41. The van der Waals surface area contributed by atoms with Crippen LogP contribution in [0.4, 0.5) is 16.2 Å². The van der Waals surface area contributed by atoms with Crippen LogP contribution in [0, 0.1) is 6.92 Å². The Morgan fingerprint density at radius 2 is 1.61 bits per heavy atom. The highest BCUT2D eigenvalue weighted by atomic mass is 32.2. The topological polar surface area (TPSA) is 93.2 Å². The van der Waals surface area contributed by atoms with Crippen LogP contribution in [0.1, 0.15) is 21.5 Å². The van der Waals surface area contributed by atoms with Gasteiger partial charge >= 0.3 is 12.0 Å². The van der Waals surface area contributed by atoms with Gasteiger partial charge in [-0.25, -0.2) is 18.0 Å². The Kier molecular flexibility index (Phi) is 5.82. The van der Waals surface area contributed by atoms with Crippen molar-refractivity contribution in [1.82, 2.24) is 0 Å². The molecule has 0 aromatic heterocycles. The first-order valence-electron chi connectivity index (χ1n) is 10.1. The predicted octanol–water partition coefficient (Wildman–Crippen LogP) is 4.13. The van der Waals surface area contributed by atoms with Crippen LogP contribution in [-0.2, 0) is 21.3 Å². The fourth-order valence-electron chi connectivity index (χ4n) is 3.81. The van der Waals surface area contributed by atoms with Gasteiger partial charge in [0.2, 0.25) is 0 Å². The number of hydrogen-bond acceptors (Lipinski definition) is 6. The lowest BCUT2D eigenvalue weighted by Crippen LogP contribution is -2.51. The zero-order valence-electron chi connectivity index (χ0n) is 18.3. The van der Waals surface area contributed by atoms with Gasteiger partial charge in [0.05, 0.1) is 37.7 Å². The van der Waals surface area contributed by atoms with E-state index in [9.17, 15) is 18.0 Å². The number of esters is 1. The fraction of sp³-hybridized carbons (Fsp3) is 0.167.